The van der Waals surface area contributed by atoms with Crippen LogP contribution in [0.15, 0.2) is 17.6 Å². The number of aryl methyl sites for hydroxylation is 1. The fourth-order valence-electron chi connectivity index (χ4n) is 1.99. The Hall–Kier alpha value is -1.66. The molecule has 0 saturated heterocycles. The summed E-state index contributed by atoms with van der Waals surface area (Å²) < 4.78 is 1.98. The number of nitrogens with zero attached hydrogens (tertiary/aromatic N) is 2. The second kappa shape index (κ2) is 5.99. The van der Waals surface area contributed by atoms with Crippen molar-refractivity contribution < 1.29 is 9.90 Å². The van der Waals surface area contributed by atoms with E-state index < -0.39 is 0 Å². The standard InChI is InChI=1S/C13H17N3O2S/c1-9-8-11(12(18)14-4-3-6-17)10(2)16(9)13-15-5-7-19-13/h5,7-8,17H,3-4,6H2,1-2H3,(H,14,18). The zero-order valence-corrected chi connectivity index (χ0v) is 11.8. The molecule has 0 atom stereocenters. The number of aliphatic hydroxyl groups excluding tert-OH is 1. The van der Waals surface area contributed by atoms with Crippen molar-refractivity contribution in [3.05, 3.63) is 34.6 Å². The molecule has 2 aromatic heterocycles. The van der Waals surface area contributed by atoms with Gasteiger partial charge in [-0.25, -0.2) is 4.98 Å². The van der Waals surface area contributed by atoms with Crippen molar-refractivity contribution in [2.75, 3.05) is 13.2 Å². The molecule has 0 aliphatic heterocycles. The smallest absolute Gasteiger partial charge is 0.253 e. The number of carbonyl (C=O) groups excluding carboxylic acids is 1. The Balaban J connectivity index is 2.24. The third kappa shape index (κ3) is 2.85. The lowest BCUT2D eigenvalue weighted by molar-refractivity contribution is 0.0950. The van der Waals surface area contributed by atoms with Crippen molar-refractivity contribution in [3.8, 4) is 5.13 Å². The minimum absolute atomic E-state index is 0.0818. The summed E-state index contributed by atoms with van der Waals surface area (Å²) in [5.74, 6) is -0.107. The van der Waals surface area contributed by atoms with E-state index in [1.807, 2.05) is 29.9 Å². The maximum absolute atomic E-state index is 12.1. The number of thiazole rings is 1. The Bertz CT molecular complexity index is 561. The van der Waals surface area contributed by atoms with Crippen LogP contribution in [-0.2, 0) is 0 Å². The molecule has 2 heterocycles. The number of amides is 1. The molecule has 0 aliphatic rings. The number of carbonyl (C=O) groups is 1. The second-order valence-corrected chi connectivity index (χ2v) is 5.14. The summed E-state index contributed by atoms with van der Waals surface area (Å²) in [6, 6.07) is 1.87. The number of rotatable bonds is 5. The van der Waals surface area contributed by atoms with Gasteiger partial charge in [0.25, 0.3) is 5.91 Å². The molecule has 102 valence electrons. The lowest BCUT2D eigenvalue weighted by atomic mass is 10.2. The Morgan fingerprint density at radius 2 is 2.32 bits per heavy atom. The van der Waals surface area contributed by atoms with E-state index in [1.165, 1.54) is 11.3 Å². The lowest BCUT2D eigenvalue weighted by Gasteiger charge is -2.06. The van der Waals surface area contributed by atoms with Gasteiger partial charge in [0.1, 0.15) is 0 Å². The highest BCUT2D eigenvalue weighted by molar-refractivity contribution is 7.12. The molecular weight excluding hydrogens is 262 g/mol. The van der Waals surface area contributed by atoms with Crippen LogP contribution in [0, 0.1) is 13.8 Å². The molecular formula is C13H17N3O2S. The van der Waals surface area contributed by atoms with Crippen LogP contribution in [0.3, 0.4) is 0 Å². The van der Waals surface area contributed by atoms with Crippen molar-refractivity contribution >= 4 is 17.2 Å². The second-order valence-electron chi connectivity index (χ2n) is 4.27. The van der Waals surface area contributed by atoms with Gasteiger partial charge >= 0.3 is 0 Å². The molecule has 0 bridgehead atoms. The first-order valence-electron chi connectivity index (χ1n) is 6.13. The van der Waals surface area contributed by atoms with Gasteiger partial charge in [-0.3, -0.25) is 9.36 Å². The summed E-state index contributed by atoms with van der Waals surface area (Å²) in [6.07, 6.45) is 2.32. The number of aliphatic hydroxyl groups is 1. The molecule has 2 aromatic rings. The van der Waals surface area contributed by atoms with Gasteiger partial charge in [0.2, 0.25) is 0 Å². The van der Waals surface area contributed by atoms with Gasteiger partial charge in [-0.2, -0.15) is 0 Å². The molecule has 0 spiro atoms. The number of nitrogens with one attached hydrogen (secondary N) is 1. The molecule has 0 aliphatic carbocycles. The van der Waals surface area contributed by atoms with Crippen molar-refractivity contribution in [1.82, 2.24) is 14.9 Å². The van der Waals surface area contributed by atoms with Crippen LogP contribution in [-0.4, -0.2) is 33.7 Å². The number of aromatic nitrogens is 2. The first-order chi connectivity index (χ1) is 9.15. The van der Waals surface area contributed by atoms with Gasteiger partial charge in [-0.05, 0) is 26.3 Å². The average Bonchev–Trinajstić information content (AvgIpc) is 2.98. The minimum Gasteiger partial charge on any atom is -0.396 e. The SMILES string of the molecule is Cc1cc(C(=O)NCCCO)c(C)n1-c1nccs1. The largest absolute Gasteiger partial charge is 0.396 e. The number of hydrogen-bond acceptors (Lipinski definition) is 4. The summed E-state index contributed by atoms with van der Waals surface area (Å²) in [4.78, 5) is 16.3. The lowest BCUT2D eigenvalue weighted by Crippen LogP contribution is -2.25. The van der Waals surface area contributed by atoms with Gasteiger partial charge in [0.05, 0.1) is 5.56 Å². The molecule has 1 amide bonds. The van der Waals surface area contributed by atoms with Crippen LogP contribution in [0.4, 0.5) is 0 Å². The Labute approximate surface area is 115 Å². The van der Waals surface area contributed by atoms with Crippen LogP contribution in [0.1, 0.15) is 28.2 Å². The van der Waals surface area contributed by atoms with Gasteiger partial charge < -0.3 is 10.4 Å². The van der Waals surface area contributed by atoms with E-state index in [2.05, 4.69) is 10.3 Å². The fourth-order valence-corrected chi connectivity index (χ4v) is 2.74. The van der Waals surface area contributed by atoms with Crippen LogP contribution < -0.4 is 5.32 Å². The normalized spacial score (nSPS) is 10.7. The molecule has 0 unspecified atom stereocenters. The third-order valence-corrected chi connectivity index (χ3v) is 3.66. The van der Waals surface area contributed by atoms with Crippen LogP contribution >= 0.6 is 11.3 Å². The Morgan fingerprint density at radius 3 is 2.95 bits per heavy atom. The molecule has 0 saturated carbocycles. The van der Waals surface area contributed by atoms with E-state index in [1.54, 1.807) is 6.20 Å². The molecule has 0 fully saturated rings. The van der Waals surface area contributed by atoms with Crippen molar-refractivity contribution in [2.24, 2.45) is 0 Å². The highest BCUT2D eigenvalue weighted by atomic mass is 32.1. The van der Waals surface area contributed by atoms with Crippen molar-refractivity contribution in [2.45, 2.75) is 20.3 Å². The fraction of sp³-hybridized carbons (Fsp3) is 0.385. The van der Waals surface area contributed by atoms with E-state index >= 15 is 0 Å². The monoisotopic (exact) mass is 279 g/mol. The van der Waals surface area contributed by atoms with Gasteiger partial charge in [-0.15, -0.1) is 11.3 Å². The third-order valence-electron chi connectivity index (χ3n) is 2.91. The van der Waals surface area contributed by atoms with E-state index in [9.17, 15) is 4.79 Å². The quantitative estimate of drug-likeness (QED) is 0.818. The summed E-state index contributed by atoms with van der Waals surface area (Å²) in [7, 11) is 0. The zero-order valence-electron chi connectivity index (χ0n) is 11.0. The Kier molecular flexibility index (Phi) is 4.34. The van der Waals surface area contributed by atoms with Gasteiger partial charge in [-0.1, -0.05) is 0 Å². The summed E-state index contributed by atoms with van der Waals surface area (Å²) in [5.41, 5.74) is 2.53. The Morgan fingerprint density at radius 1 is 1.53 bits per heavy atom. The minimum atomic E-state index is -0.107. The van der Waals surface area contributed by atoms with E-state index in [0.717, 1.165) is 16.5 Å². The van der Waals surface area contributed by atoms with Crippen molar-refractivity contribution in [3.63, 3.8) is 0 Å². The molecule has 0 aromatic carbocycles. The van der Waals surface area contributed by atoms with Gasteiger partial charge in [0.15, 0.2) is 5.13 Å². The topological polar surface area (TPSA) is 67.2 Å². The average molecular weight is 279 g/mol. The molecule has 6 heteroatoms. The van der Waals surface area contributed by atoms with Crippen LogP contribution in [0.25, 0.3) is 5.13 Å². The first kappa shape index (κ1) is 13.8. The highest BCUT2D eigenvalue weighted by Gasteiger charge is 2.17. The summed E-state index contributed by atoms with van der Waals surface area (Å²) in [6.45, 7) is 4.43. The van der Waals surface area contributed by atoms with E-state index in [4.69, 9.17) is 5.11 Å². The van der Waals surface area contributed by atoms with E-state index in [-0.39, 0.29) is 12.5 Å². The van der Waals surface area contributed by atoms with Crippen molar-refractivity contribution in [1.29, 1.82) is 0 Å². The summed E-state index contributed by atoms with van der Waals surface area (Å²) >= 11 is 1.54. The highest BCUT2D eigenvalue weighted by Crippen LogP contribution is 2.22. The summed E-state index contributed by atoms with van der Waals surface area (Å²) in [5, 5.41) is 14.3. The molecule has 2 rings (SSSR count). The molecule has 2 N–H and O–H groups in total. The predicted molar refractivity (Wildman–Crippen MR) is 75.0 cm³/mol. The van der Waals surface area contributed by atoms with Crippen LogP contribution in [0.5, 0.6) is 0 Å². The maximum Gasteiger partial charge on any atom is 0.253 e. The van der Waals surface area contributed by atoms with Gasteiger partial charge in [0, 0.05) is 36.1 Å². The molecule has 5 nitrogen and oxygen atoms in total. The zero-order chi connectivity index (χ0) is 13.8. The molecule has 19 heavy (non-hydrogen) atoms. The van der Waals surface area contributed by atoms with E-state index in [0.29, 0.717) is 18.5 Å². The number of hydrogen-bond donors (Lipinski definition) is 2. The predicted octanol–water partition coefficient (Wildman–Crippen LogP) is 1.66. The first-order valence-corrected chi connectivity index (χ1v) is 7.01. The molecule has 0 radical (unpaired) electrons. The van der Waals surface area contributed by atoms with Crippen LogP contribution in [0.2, 0.25) is 0 Å². The maximum atomic E-state index is 12.1.